The van der Waals surface area contributed by atoms with Crippen molar-refractivity contribution in [2.75, 3.05) is 12.8 Å². The first kappa shape index (κ1) is 18.9. The average molecular weight is 291 g/mol. The van der Waals surface area contributed by atoms with Crippen molar-refractivity contribution in [1.29, 1.82) is 4.78 Å². The molecule has 0 aliphatic heterocycles. The molecule has 0 rings (SSSR count). The van der Waals surface area contributed by atoms with E-state index in [0.29, 0.717) is 0 Å². The van der Waals surface area contributed by atoms with E-state index in [9.17, 15) is 4.21 Å². The number of hydrogen-bond donors (Lipinski definition) is 2. The van der Waals surface area contributed by atoms with Crippen LogP contribution in [0.1, 0.15) is 72.1 Å². The van der Waals surface area contributed by atoms with Crippen LogP contribution in [0.5, 0.6) is 0 Å². The Morgan fingerprint density at radius 1 is 1.21 bits per heavy atom. The van der Waals surface area contributed by atoms with E-state index in [4.69, 9.17) is 10.5 Å². The zero-order valence-corrected chi connectivity index (χ0v) is 14.2. The maximum Gasteiger partial charge on any atom is 0.0438 e. The van der Waals surface area contributed by atoms with Gasteiger partial charge in [-0.25, -0.2) is 4.21 Å². The molecule has 3 atom stereocenters. The third-order valence-corrected chi connectivity index (χ3v) is 6.06. The minimum absolute atomic E-state index is 0.0109. The quantitative estimate of drug-likeness (QED) is 0.561. The molecule has 4 heteroatoms. The summed E-state index contributed by atoms with van der Waals surface area (Å²) in [7, 11) is -2.37. The van der Waals surface area contributed by atoms with Gasteiger partial charge in [-0.05, 0) is 38.1 Å². The molecule has 0 aliphatic carbocycles. The van der Waals surface area contributed by atoms with Crippen molar-refractivity contribution in [1.82, 2.24) is 0 Å². The SMILES string of the molecule is CCCCCC(C)(CN)CCCCC(C)S(C)(=N)=O. The summed E-state index contributed by atoms with van der Waals surface area (Å²) >= 11 is 0. The smallest absolute Gasteiger partial charge is 0.0438 e. The van der Waals surface area contributed by atoms with Crippen LogP contribution < -0.4 is 5.73 Å². The molecular formula is C15H34N2OS. The molecule has 116 valence electrons. The fourth-order valence-corrected chi connectivity index (χ4v) is 2.96. The van der Waals surface area contributed by atoms with Crippen LogP contribution in [0.3, 0.4) is 0 Å². The third kappa shape index (κ3) is 8.64. The first-order chi connectivity index (χ1) is 8.75. The second kappa shape index (κ2) is 8.96. The summed E-state index contributed by atoms with van der Waals surface area (Å²) in [5.74, 6) is 0. The molecule has 0 saturated carbocycles. The Bertz CT molecular complexity index is 327. The summed E-state index contributed by atoms with van der Waals surface area (Å²) in [6.45, 7) is 7.21. The van der Waals surface area contributed by atoms with Crippen molar-refractivity contribution < 1.29 is 4.21 Å². The summed E-state index contributed by atoms with van der Waals surface area (Å²) < 4.78 is 19.1. The Hall–Kier alpha value is -0.0900. The Balaban J connectivity index is 3.95. The molecule has 3 nitrogen and oxygen atoms in total. The normalized spacial score (nSPS) is 19.6. The highest BCUT2D eigenvalue weighted by atomic mass is 32.2. The molecule has 0 radical (unpaired) electrons. The fraction of sp³-hybridized carbons (Fsp3) is 1.00. The van der Waals surface area contributed by atoms with Gasteiger partial charge in [-0.1, -0.05) is 46.0 Å². The largest absolute Gasteiger partial charge is 0.330 e. The van der Waals surface area contributed by atoms with Crippen LogP contribution in [-0.2, 0) is 9.73 Å². The van der Waals surface area contributed by atoms with Crippen LogP contribution in [-0.4, -0.2) is 22.3 Å². The second-order valence-corrected chi connectivity index (χ2v) is 9.04. The Morgan fingerprint density at radius 2 is 1.74 bits per heavy atom. The molecule has 0 amide bonds. The van der Waals surface area contributed by atoms with Gasteiger partial charge in [0.15, 0.2) is 0 Å². The Labute approximate surface area is 120 Å². The van der Waals surface area contributed by atoms with Crippen LogP contribution in [0.4, 0.5) is 0 Å². The standard InChI is InChI=1S/C15H34N2OS/c1-5-6-8-11-15(3,13-16)12-9-7-10-14(2)19(4,17)18/h14,17H,5-13,16H2,1-4H3. The van der Waals surface area contributed by atoms with Gasteiger partial charge in [0, 0.05) is 21.2 Å². The topological polar surface area (TPSA) is 66.9 Å². The number of rotatable bonds is 11. The molecular weight excluding hydrogens is 256 g/mol. The van der Waals surface area contributed by atoms with Crippen molar-refractivity contribution in [2.45, 2.75) is 77.4 Å². The van der Waals surface area contributed by atoms with Gasteiger partial charge in [0.2, 0.25) is 0 Å². The van der Waals surface area contributed by atoms with Crippen molar-refractivity contribution in [3.63, 3.8) is 0 Å². The summed E-state index contributed by atoms with van der Waals surface area (Å²) in [4.78, 5) is 0. The summed E-state index contributed by atoms with van der Waals surface area (Å²) in [5.41, 5.74) is 6.20. The molecule has 19 heavy (non-hydrogen) atoms. The number of unbranched alkanes of at least 4 members (excludes halogenated alkanes) is 3. The third-order valence-electron chi connectivity index (χ3n) is 4.29. The predicted molar refractivity (Wildman–Crippen MR) is 86.0 cm³/mol. The number of hydrogen-bond acceptors (Lipinski definition) is 3. The van der Waals surface area contributed by atoms with E-state index in [2.05, 4.69) is 13.8 Å². The van der Waals surface area contributed by atoms with E-state index in [0.717, 1.165) is 32.2 Å². The lowest BCUT2D eigenvalue weighted by atomic mass is 9.80. The average Bonchev–Trinajstić information content (AvgIpc) is 2.33. The zero-order chi connectivity index (χ0) is 14.9. The first-order valence-corrected chi connectivity index (χ1v) is 9.71. The van der Waals surface area contributed by atoms with Crippen LogP contribution in [0.25, 0.3) is 0 Å². The van der Waals surface area contributed by atoms with Crippen LogP contribution >= 0.6 is 0 Å². The predicted octanol–water partition coefficient (Wildman–Crippen LogP) is 4.16. The van der Waals surface area contributed by atoms with Crippen molar-refractivity contribution in [3.05, 3.63) is 0 Å². The summed E-state index contributed by atoms with van der Waals surface area (Å²) in [6.07, 6.45) is 10.8. The molecule has 0 aromatic rings. The van der Waals surface area contributed by atoms with Crippen molar-refractivity contribution >= 4 is 9.73 Å². The van der Waals surface area contributed by atoms with Gasteiger partial charge in [0.25, 0.3) is 0 Å². The van der Waals surface area contributed by atoms with Crippen molar-refractivity contribution in [3.8, 4) is 0 Å². The van der Waals surface area contributed by atoms with Gasteiger partial charge in [-0.15, -0.1) is 0 Å². The van der Waals surface area contributed by atoms with Gasteiger partial charge >= 0.3 is 0 Å². The first-order valence-electron chi connectivity index (χ1n) is 7.68. The Morgan fingerprint density at radius 3 is 2.16 bits per heavy atom. The van der Waals surface area contributed by atoms with E-state index in [1.165, 1.54) is 25.7 Å². The number of nitrogens with two attached hydrogens (primary N) is 1. The summed E-state index contributed by atoms with van der Waals surface area (Å²) in [5, 5.41) is 0.0109. The molecule has 0 heterocycles. The van der Waals surface area contributed by atoms with Gasteiger partial charge < -0.3 is 5.73 Å². The lowest BCUT2D eigenvalue weighted by Gasteiger charge is -2.28. The lowest BCUT2D eigenvalue weighted by molar-refractivity contribution is 0.262. The highest BCUT2D eigenvalue weighted by molar-refractivity contribution is 7.92. The van der Waals surface area contributed by atoms with E-state index >= 15 is 0 Å². The molecule has 0 aliphatic rings. The zero-order valence-electron chi connectivity index (χ0n) is 13.3. The van der Waals surface area contributed by atoms with E-state index in [1.807, 2.05) is 6.92 Å². The minimum Gasteiger partial charge on any atom is -0.330 e. The molecule has 3 N–H and O–H groups in total. The molecule has 0 saturated heterocycles. The van der Waals surface area contributed by atoms with E-state index in [-0.39, 0.29) is 10.7 Å². The van der Waals surface area contributed by atoms with Gasteiger partial charge in [0.1, 0.15) is 0 Å². The van der Waals surface area contributed by atoms with Crippen LogP contribution in [0.2, 0.25) is 0 Å². The van der Waals surface area contributed by atoms with Crippen LogP contribution in [0, 0.1) is 10.2 Å². The molecule has 0 spiro atoms. The van der Waals surface area contributed by atoms with Gasteiger partial charge in [-0.3, -0.25) is 4.78 Å². The van der Waals surface area contributed by atoms with Crippen LogP contribution in [0.15, 0.2) is 0 Å². The van der Waals surface area contributed by atoms with Gasteiger partial charge in [0.05, 0.1) is 0 Å². The summed E-state index contributed by atoms with van der Waals surface area (Å²) in [6, 6.07) is 0. The maximum absolute atomic E-state index is 11.6. The highest BCUT2D eigenvalue weighted by Crippen LogP contribution is 2.30. The van der Waals surface area contributed by atoms with E-state index in [1.54, 1.807) is 6.26 Å². The molecule has 0 bridgehead atoms. The minimum atomic E-state index is -2.37. The highest BCUT2D eigenvalue weighted by Gasteiger charge is 2.21. The molecule has 0 aromatic heterocycles. The molecule has 0 fully saturated rings. The maximum atomic E-state index is 11.6. The van der Waals surface area contributed by atoms with Gasteiger partial charge in [-0.2, -0.15) is 0 Å². The second-order valence-electron chi connectivity index (χ2n) is 6.43. The monoisotopic (exact) mass is 290 g/mol. The fourth-order valence-electron chi connectivity index (χ4n) is 2.34. The number of nitrogens with one attached hydrogen (secondary N) is 1. The van der Waals surface area contributed by atoms with Crippen molar-refractivity contribution in [2.24, 2.45) is 11.1 Å². The molecule has 0 aromatic carbocycles. The lowest BCUT2D eigenvalue weighted by Crippen LogP contribution is -2.27. The van der Waals surface area contributed by atoms with E-state index < -0.39 is 9.73 Å². The molecule has 3 unspecified atom stereocenters. The Kier molecular flexibility index (Phi) is 8.92.